The van der Waals surface area contributed by atoms with Crippen LogP contribution in [0.15, 0.2) is 93.9 Å². The van der Waals surface area contributed by atoms with Crippen LogP contribution in [0.1, 0.15) is 11.1 Å². The normalized spacial score (nSPS) is 11.1. The lowest BCUT2D eigenvalue weighted by Gasteiger charge is -2.14. The van der Waals surface area contributed by atoms with Crippen LogP contribution in [0.3, 0.4) is 0 Å². The summed E-state index contributed by atoms with van der Waals surface area (Å²) in [5.74, 6) is -0.209. The second kappa shape index (κ2) is 9.40. The van der Waals surface area contributed by atoms with Crippen LogP contribution in [0.25, 0.3) is 16.6 Å². The Kier molecular flexibility index (Phi) is 6.24. The van der Waals surface area contributed by atoms with E-state index >= 15 is 0 Å². The maximum absolute atomic E-state index is 13.3. The number of benzene rings is 3. The van der Waals surface area contributed by atoms with E-state index in [4.69, 9.17) is 0 Å². The molecule has 0 aliphatic heterocycles. The summed E-state index contributed by atoms with van der Waals surface area (Å²) in [6, 6.07) is 24.3. The first-order chi connectivity index (χ1) is 15.1. The first kappa shape index (κ1) is 20.6. The molecule has 0 fully saturated rings. The van der Waals surface area contributed by atoms with Gasteiger partial charge in [-0.25, -0.2) is 10.4 Å². The molecule has 0 unspecified atom stereocenters. The number of hydrogen-bond donors (Lipinski definition) is 1. The third-order valence-corrected chi connectivity index (χ3v) is 5.57. The maximum atomic E-state index is 13.3. The lowest BCUT2D eigenvalue weighted by atomic mass is 10.2. The van der Waals surface area contributed by atoms with Gasteiger partial charge in [0.1, 0.15) is 0 Å². The van der Waals surface area contributed by atoms with Gasteiger partial charge in [0, 0.05) is 0 Å². The van der Waals surface area contributed by atoms with E-state index in [2.05, 4.69) is 15.5 Å². The van der Waals surface area contributed by atoms with Crippen LogP contribution >= 0.6 is 11.8 Å². The summed E-state index contributed by atoms with van der Waals surface area (Å²) in [4.78, 5) is 30.2. The van der Waals surface area contributed by atoms with Gasteiger partial charge in [-0.3, -0.25) is 14.2 Å². The lowest BCUT2D eigenvalue weighted by molar-refractivity contribution is -0.118. The van der Waals surface area contributed by atoms with Crippen LogP contribution in [0, 0.1) is 6.92 Å². The van der Waals surface area contributed by atoms with Crippen molar-refractivity contribution in [2.75, 3.05) is 5.75 Å². The number of aryl methyl sites for hydroxylation is 1. The summed E-state index contributed by atoms with van der Waals surface area (Å²) >= 11 is 1.20. The number of hydrogen-bond acceptors (Lipinski definition) is 5. The molecule has 31 heavy (non-hydrogen) atoms. The van der Waals surface area contributed by atoms with Crippen molar-refractivity contribution in [3.63, 3.8) is 0 Å². The second-order valence-electron chi connectivity index (χ2n) is 6.83. The number of nitrogens with one attached hydrogen (secondary N) is 1. The molecule has 0 aliphatic rings. The lowest BCUT2D eigenvalue weighted by Crippen LogP contribution is -2.24. The molecule has 0 spiro atoms. The van der Waals surface area contributed by atoms with Gasteiger partial charge < -0.3 is 0 Å². The van der Waals surface area contributed by atoms with E-state index in [1.54, 1.807) is 22.9 Å². The van der Waals surface area contributed by atoms with Crippen molar-refractivity contribution in [2.45, 2.75) is 12.1 Å². The molecule has 1 amide bonds. The first-order valence-corrected chi connectivity index (χ1v) is 10.7. The van der Waals surface area contributed by atoms with E-state index in [1.807, 2.05) is 73.7 Å². The molecule has 7 heteroatoms. The molecule has 1 aromatic heterocycles. The highest BCUT2D eigenvalue weighted by Gasteiger charge is 2.15. The van der Waals surface area contributed by atoms with Gasteiger partial charge in [-0.15, -0.1) is 0 Å². The van der Waals surface area contributed by atoms with E-state index in [-0.39, 0.29) is 17.2 Å². The molecule has 0 atom stereocenters. The quantitative estimate of drug-likeness (QED) is 0.218. The summed E-state index contributed by atoms with van der Waals surface area (Å²) in [6.07, 6.45) is 1.58. The summed E-state index contributed by atoms with van der Waals surface area (Å²) in [5, 5.41) is 4.98. The van der Waals surface area contributed by atoms with Gasteiger partial charge in [-0.2, -0.15) is 5.10 Å². The van der Waals surface area contributed by atoms with Gasteiger partial charge in [-0.05, 0) is 36.2 Å². The maximum Gasteiger partial charge on any atom is 0.266 e. The Hall–Kier alpha value is -3.71. The molecule has 4 rings (SSSR count). The van der Waals surface area contributed by atoms with Crippen molar-refractivity contribution in [2.24, 2.45) is 5.10 Å². The molecule has 4 aromatic rings. The molecule has 0 saturated carbocycles. The van der Waals surface area contributed by atoms with Crippen molar-refractivity contribution in [3.05, 3.63) is 100 Å². The zero-order chi connectivity index (χ0) is 21.6. The fourth-order valence-electron chi connectivity index (χ4n) is 3.12. The fourth-order valence-corrected chi connectivity index (χ4v) is 3.91. The minimum Gasteiger partial charge on any atom is -0.272 e. The number of hydrazone groups is 1. The number of amides is 1. The van der Waals surface area contributed by atoms with Crippen LogP contribution in [0.4, 0.5) is 0 Å². The molecule has 0 saturated heterocycles. The van der Waals surface area contributed by atoms with Gasteiger partial charge in [0.25, 0.3) is 11.5 Å². The van der Waals surface area contributed by atoms with Crippen LogP contribution in [0.2, 0.25) is 0 Å². The predicted molar refractivity (Wildman–Crippen MR) is 125 cm³/mol. The third kappa shape index (κ3) is 4.73. The molecule has 1 N–H and O–H groups in total. The molecule has 6 nitrogen and oxygen atoms in total. The van der Waals surface area contributed by atoms with Gasteiger partial charge in [0.05, 0.1) is 28.6 Å². The molecule has 0 bridgehead atoms. The molecule has 0 radical (unpaired) electrons. The van der Waals surface area contributed by atoms with Crippen molar-refractivity contribution < 1.29 is 4.79 Å². The van der Waals surface area contributed by atoms with Crippen molar-refractivity contribution in [1.82, 2.24) is 15.0 Å². The monoisotopic (exact) mass is 428 g/mol. The average Bonchev–Trinajstić information content (AvgIpc) is 2.79. The van der Waals surface area contributed by atoms with Gasteiger partial charge in [0.15, 0.2) is 5.16 Å². The SMILES string of the molecule is Cc1ccccc1-n1c(SCC(=O)NN=Cc2ccccc2)nc2ccccc2c1=O. The van der Waals surface area contributed by atoms with Gasteiger partial charge in [-0.1, -0.05) is 72.4 Å². The minimum absolute atomic E-state index is 0.0722. The Bertz CT molecular complexity index is 1320. The highest BCUT2D eigenvalue weighted by Crippen LogP contribution is 2.22. The van der Waals surface area contributed by atoms with Crippen LogP contribution < -0.4 is 11.0 Å². The predicted octanol–water partition coefficient (Wildman–Crippen LogP) is 3.94. The third-order valence-electron chi connectivity index (χ3n) is 4.64. The second-order valence-corrected chi connectivity index (χ2v) is 7.77. The number of nitrogens with zero attached hydrogens (tertiary/aromatic N) is 3. The largest absolute Gasteiger partial charge is 0.272 e. The zero-order valence-electron chi connectivity index (χ0n) is 16.9. The molecular weight excluding hydrogens is 408 g/mol. The van der Waals surface area contributed by atoms with Crippen molar-refractivity contribution in [1.29, 1.82) is 0 Å². The summed E-state index contributed by atoms with van der Waals surface area (Å²) in [7, 11) is 0. The van der Waals surface area contributed by atoms with Crippen LogP contribution in [-0.2, 0) is 4.79 Å². The minimum atomic E-state index is -0.282. The van der Waals surface area contributed by atoms with Crippen molar-refractivity contribution >= 4 is 34.8 Å². The van der Waals surface area contributed by atoms with Gasteiger partial charge >= 0.3 is 0 Å². The number of rotatable bonds is 6. The summed E-state index contributed by atoms with van der Waals surface area (Å²) < 4.78 is 1.57. The number of carbonyl (C=O) groups excluding carboxylic acids is 1. The number of carbonyl (C=O) groups is 1. The Labute approximate surface area is 183 Å². The van der Waals surface area contributed by atoms with E-state index in [0.29, 0.717) is 16.1 Å². The first-order valence-electron chi connectivity index (χ1n) is 9.71. The van der Waals surface area contributed by atoms with E-state index in [9.17, 15) is 9.59 Å². The standard InChI is InChI=1S/C24H20N4O2S/c1-17-9-5-8-14-21(17)28-23(30)19-12-6-7-13-20(19)26-24(28)31-16-22(29)27-25-15-18-10-3-2-4-11-18/h2-15H,16H2,1H3,(H,27,29). The number of para-hydroxylation sites is 2. The number of fused-ring (bicyclic) bond motifs is 1. The molecular formula is C24H20N4O2S. The van der Waals surface area contributed by atoms with Crippen LogP contribution in [-0.4, -0.2) is 27.4 Å². The molecule has 3 aromatic carbocycles. The van der Waals surface area contributed by atoms with E-state index in [1.165, 1.54) is 11.8 Å². The average molecular weight is 429 g/mol. The Morgan fingerprint density at radius 3 is 2.55 bits per heavy atom. The van der Waals surface area contributed by atoms with Gasteiger partial charge in [0.2, 0.25) is 0 Å². The molecule has 1 heterocycles. The highest BCUT2D eigenvalue weighted by molar-refractivity contribution is 7.99. The Morgan fingerprint density at radius 2 is 1.74 bits per heavy atom. The smallest absolute Gasteiger partial charge is 0.266 e. The number of aromatic nitrogens is 2. The topological polar surface area (TPSA) is 76.3 Å². The number of thioether (sulfide) groups is 1. The zero-order valence-corrected chi connectivity index (χ0v) is 17.7. The molecule has 154 valence electrons. The fraction of sp³-hybridized carbons (Fsp3) is 0.0833. The Morgan fingerprint density at radius 1 is 1.03 bits per heavy atom. The summed E-state index contributed by atoms with van der Waals surface area (Å²) in [6.45, 7) is 1.94. The summed E-state index contributed by atoms with van der Waals surface area (Å²) in [5.41, 5.74) is 5.54. The van der Waals surface area contributed by atoms with Crippen LogP contribution in [0.5, 0.6) is 0 Å². The van der Waals surface area contributed by atoms with Crippen molar-refractivity contribution in [3.8, 4) is 5.69 Å². The molecule has 0 aliphatic carbocycles. The Balaban J connectivity index is 1.60. The highest BCUT2D eigenvalue weighted by atomic mass is 32.2. The van der Waals surface area contributed by atoms with E-state index < -0.39 is 0 Å². The van der Waals surface area contributed by atoms with E-state index in [0.717, 1.165) is 16.8 Å².